The molecular weight excluding hydrogens is 568 g/mol. The van der Waals surface area contributed by atoms with Crippen LogP contribution >= 0.6 is 0 Å². The van der Waals surface area contributed by atoms with Gasteiger partial charge in [-0.15, -0.1) is 0 Å². The molecule has 4 atom stereocenters. The topological polar surface area (TPSA) is 42.0 Å². The molecule has 1 aliphatic heterocycles. The SMILES string of the molecule is CC(C)C[C@@H]([C@@H]1OC(=O)O[C@H]1[C@H](CC(C)C)N(Cc1ccccc1)Cc1ccccc1)N(Cc1ccccc1)Cc1ccccc1. The lowest BCUT2D eigenvalue weighted by molar-refractivity contribution is -0.0207. The third-order valence-electron chi connectivity index (χ3n) is 8.82. The molecule has 0 bridgehead atoms. The first-order valence-corrected chi connectivity index (χ1v) is 16.9. The Morgan fingerprint density at radius 3 is 0.978 bits per heavy atom. The molecule has 1 heterocycles. The van der Waals surface area contributed by atoms with E-state index in [0.717, 1.165) is 39.0 Å². The predicted molar refractivity (Wildman–Crippen MR) is 186 cm³/mol. The van der Waals surface area contributed by atoms with Gasteiger partial charge in [0.1, 0.15) is 0 Å². The molecule has 46 heavy (non-hydrogen) atoms. The van der Waals surface area contributed by atoms with Crippen molar-refractivity contribution in [1.82, 2.24) is 9.80 Å². The van der Waals surface area contributed by atoms with Crippen molar-refractivity contribution in [1.29, 1.82) is 0 Å². The number of carbonyl (C=O) groups excluding carboxylic acids is 1. The number of cyclic esters (lactones) is 2. The second-order valence-corrected chi connectivity index (χ2v) is 13.6. The predicted octanol–water partition coefficient (Wildman–Crippen LogP) is 9.12. The van der Waals surface area contributed by atoms with E-state index in [1.807, 2.05) is 0 Å². The van der Waals surface area contributed by atoms with E-state index in [0.29, 0.717) is 11.8 Å². The first-order valence-electron chi connectivity index (χ1n) is 16.9. The van der Waals surface area contributed by atoms with Crippen molar-refractivity contribution in [3.63, 3.8) is 0 Å². The van der Waals surface area contributed by atoms with Gasteiger partial charge in [-0.1, -0.05) is 149 Å². The third-order valence-corrected chi connectivity index (χ3v) is 8.82. The summed E-state index contributed by atoms with van der Waals surface area (Å²) in [6.45, 7) is 12.0. The summed E-state index contributed by atoms with van der Waals surface area (Å²) in [6.07, 6.45) is 0.364. The second kappa shape index (κ2) is 16.6. The summed E-state index contributed by atoms with van der Waals surface area (Å²) in [7, 11) is 0. The molecule has 5 heteroatoms. The first-order chi connectivity index (χ1) is 22.4. The quantitative estimate of drug-likeness (QED) is 0.117. The summed E-state index contributed by atoms with van der Waals surface area (Å²) in [5.74, 6) is 0.791. The maximum Gasteiger partial charge on any atom is 0.509 e. The maximum absolute atomic E-state index is 13.2. The molecule has 5 nitrogen and oxygen atoms in total. The van der Waals surface area contributed by atoms with E-state index in [-0.39, 0.29) is 12.1 Å². The first kappa shape index (κ1) is 33.4. The number of ether oxygens (including phenoxy) is 2. The third kappa shape index (κ3) is 9.54. The Labute approximate surface area is 276 Å². The molecule has 0 amide bonds. The Balaban J connectivity index is 1.54. The number of carbonyl (C=O) groups is 1. The van der Waals surface area contributed by atoms with Crippen LogP contribution in [-0.2, 0) is 35.7 Å². The van der Waals surface area contributed by atoms with Crippen molar-refractivity contribution < 1.29 is 14.3 Å². The van der Waals surface area contributed by atoms with Crippen LogP contribution in [0.5, 0.6) is 0 Å². The van der Waals surface area contributed by atoms with Crippen molar-refractivity contribution in [2.45, 2.75) is 91.0 Å². The molecule has 5 rings (SSSR count). The van der Waals surface area contributed by atoms with Gasteiger partial charge in [0.15, 0.2) is 12.2 Å². The highest BCUT2D eigenvalue weighted by Crippen LogP contribution is 2.34. The minimum Gasteiger partial charge on any atom is -0.425 e. The van der Waals surface area contributed by atoms with Crippen LogP contribution in [0.1, 0.15) is 62.8 Å². The molecule has 1 fully saturated rings. The molecule has 1 aliphatic rings. The zero-order chi connectivity index (χ0) is 32.3. The fourth-order valence-electron chi connectivity index (χ4n) is 6.78. The van der Waals surface area contributed by atoms with Crippen LogP contribution in [0.2, 0.25) is 0 Å². The van der Waals surface area contributed by atoms with E-state index in [1.54, 1.807) is 0 Å². The summed E-state index contributed by atoms with van der Waals surface area (Å²) >= 11 is 0. The minimum atomic E-state index is -0.559. The Kier molecular flexibility index (Phi) is 12.0. The van der Waals surface area contributed by atoms with Gasteiger partial charge in [-0.3, -0.25) is 9.80 Å². The lowest BCUT2D eigenvalue weighted by Gasteiger charge is -2.41. The Bertz CT molecular complexity index is 1250. The zero-order valence-corrected chi connectivity index (χ0v) is 27.9. The van der Waals surface area contributed by atoms with Gasteiger partial charge in [-0.05, 0) is 46.9 Å². The van der Waals surface area contributed by atoms with E-state index in [2.05, 4.69) is 159 Å². The molecule has 242 valence electrons. The van der Waals surface area contributed by atoms with Crippen molar-refractivity contribution in [2.24, 2.45) is 11.8 Å². The normalized spacial score (nSPS) is 17.8. The van der Waals surface area contributed by atoms with Gasteiger partial charge in [-0.25, -0.2) is 4.79 Å². The molecule has 0 unspecified atom stereocenters. The lowest BCUT2D eigenvalue weighted by atomic mass is 9.87. The van der Waals surface area contributed by atoms with Gasteiger partial charge in [0.2, 0.25) is 0 Å². The van der Waals surface area contributed by atoms with Crippen molar-refractivity contribution in [2.75, 3.05) is 0 Å². The number of benzene rings is 4. The smallest absolute Gasteiger partial charge is 0.425 e. The highest BCUT2D eigenvalue weighted by atomic mass is 16.8. The summed E-state index contributed by atoms with van der Waals surface area (Å²) in [5.41, 5.74) is 4.95. The van der Waals surface area contributed by atoms with Gasteiger partial charge in [0, 0.05) is 26.2 Å². The zero-order valence-electron chi connectivity index (χ0n) is 27.9. The molecule has 4 aromatic rings. The van der Waals surface area contributed by atoms with Crippen molar-refractivity contribution >= 4 is 6.16 Å². The van der Waals surface area contributed by atoms with Crippen LogP contribution in [0.3, 0.4) is 0 Å². The fourth-order valence-corrected chi connectivity index (χ4v) is 6.78. The number of hydrogen-bond donors (Lipinski definition) is 0. The molecule has 4 aromatic carbocycles. The van der Waals surface area contributed by atoms with Gasteiger partial charge in [0.05, 0.1) is 12.1 Å². The van der Waals surface area contributed by atoms with Gasteiger partial charge >= 0.3 is 6.16 Å². The van der Waals surface area contributed by atoms with E-state index in [9.17, 15) is 4.79 Å². The second-order valence-electron chi connectivity index (χ2n) is 13.6. The maximum atomic E-state index is 13.2. The van der Waals surface area contributed by atoms with Gasteiger partial charge in [-0.2, -0.15) is 0 Å². The molecule has 0 aromatic heterocycles. The average Bonchev–Trinajstić information content (AvgIpc) is 3.44. The van der Waals surface area contributed by atoms with E-state index >= 15 is 0 Å². The molecule has 0 radical (unpaired) electrons. The highest BCUT2D eigenvalue weighted by Gasteiger charge is 2.49. The molecule has 0 N–H and O–H groups in total. The van der Waals surface area contributed by atoms with Gasteiger partial charge < -0.3 is 9.47 Å². The number of hydrogen-bond acceptors (Lipinski definition) is 5. The summed E-state index contributed by atoms with van der Waals surface area (Å²) < 4.78 is 12.6. The molecule has 0 spiro atoms. The van der Waals surface area contributed by atoms with Crippen LogP contribution in [0.25, 0.3) is 0 Å². The summed E-state index contributed by atoms with van der Waals surface area (Å²) in [4.78, 5) is 18.3. The van der Waals surface area contributed by atoms with E-state index in [1.165, 1.54) is 22.3 Å². The Morgan fingerprint density at radius 2 is 0.739 bits per heavy atom. The van der Waals surface area contributed by atoms with Crippen LogP contribution < -0.4 is 0 Å². The van der Waals surface area contributed by atoms with Gasteiger partial charge in [0.25, 0.3) is 0 Å². The fraction of sp³-hybridized carbons (Fsp3) is 0.390. The monoisotopic (exact) mass is 618 g/mol. The molecule has 0 aliphatic carbocycles. The van der Waals surface area contributed by atoms with E-state index < -0.39 is 18.4 Å². The Morgan fingerprint density at radius 1 is 0.478 bits per heavy atom. The minimum absolute atomic E-state index is 0.0400. The number of nitrogens with zero attached hydrogens (tertiary/aromatic N) is 2. The molecule has 0 saturated carbocycles. The van der Waals surface area contributed by atoms with Crippen LogP contribution in [0.15, 0.2) is 121 Å². The number of rotatable bonds is 16. The van der Waals surface area contributed by atoms with Crippen LogP contribution in [0.4, 0.5) is 4.79 Å². The van der Waals surface area contributed by atoms with Crippen LogP contribution in [-0.4, -0.2) is 40.2 Å². The van der Waals surface area contributed by atoms with E-state index in [4.69, 9.17) is 9.47 Å². The molecular formula is C41H50N2O3. The standard InChI is InChI=1S/C41H50N2O3/c1-31(2)25-37(42(27-33-17-9-5-10-18-33)28-34-19-11-6-12-20-34)39-40(46-41(44)45-39)38(26-32(3)4)43(29-35-21-13-7-14-22-35)30-36-23-15-8-16-24-36/h5-24,31-32,37-40H,25-30H2,1-4H3/t37-,38-,39-,40-/m0/s1. The van der Waals surface area contributed by atoms with Crippen molar-refractivity contribution in [3.8, 4) is 0 Å². The van der Waals surface area contributed by atoms with Crippen LogP contribution in [0, 0.1) is 11.8 Å². The highest BCUT2D eigenvalue weighted by molar-refractivity contribution is 5.63. The average molecular weight is 619 g/mol. The Hall–Kier alpha value is -3.93. The van der Waals surface area contributed by atoms with Crippen molar-refractivity contribution in [3.05, 3.63) is 144 Å². The molecule has 1 saturated heterocycles. The lowest BCUT2D eigenvalue weighted by Crippen LogP contribution is -2.54. The largest absolute Gasteiger partial charge is 0.509 e. The summed E-state index contributed by atoms with van der Waals surface area (Å²) in [5, 5.41) is 0. The summed E-state index contributed by atoms with van der Waals surface area (Å²) in [6, 6.07) is 42.4.